The van der Waals surface area contributed by atoms with Crippen molar-refractivity contribution >= 4 is 26.5 Å². The van der Waals surface area contributed by atoms with Gasteiger partial charge in [0.1, 0.15) is 6.54 Å². The molecule has 0 bridgehead atoms. The Balaban J connectivity index is 1.44. The second kappa shape index (κ2) is 7.90. The quantitative estimate of drug-likeness (QED) is 0.512. The zero-order chi connectivity index (χ0) is 20.4. The van der Waals surface area contributed by atoms with E-state index in [0.29, 0.717) is 37.6 Å². The van der Waals surface area contributed by atoms with E-state index in [1.165, 1.54) is 15.3 Å². The third-order valence-corrected chi connectivity index (χ3v) is 7.26. The highest BCUT2D eigenvalue weighted by Gasteiger charge is 2.30. The summed E-state index contributed by atoms with van der Waals surface area (Å²) in [6.45, 7) is 2.83. The lowest BCUT2D eigenvalue weighted by molar-refractivity contribution is -0.917. The summed E-state index contributed by atoms with van der Waals surface area (Å²) in [5, 5.41) is 12.9. The number of fused-ring (bicyclic) bond motifs is 1. The molecule has 0 aromatic heterocycles. The Hall–Kier alpha value is -2.81. The Labute approximate surface area is 169 Å². The molecular weight excluding hydrogens is 390 g/mol. The lowest BCUT2D eigenvalue weighted by atomic mass is 10.1. The van der Waals surface area contributed by atoms with Gasteiger partial charge in [0.2, 0.25) is 10.0 Å². The Kier molecular flexibility index (Phi) is 5.31. The maximum atomic E-state index is 13.1. The maximum Gasteiger partial charge on any atom is 0.269 e. The van der Waals surface area contributed by atoms with E-state index in [9.17, 15) is 18.5 Å². The lowest BCUT2D eigenvalue weighted by Crippen LogP contribution is -3.13. The van der Waals surface area contributed by atoms with Crippen molar-refractivity contribution in [1.82, 2.24) is 4.31 Å². The molecule has 3 aromatic rings. The van der Waals surface area contributed by atoms with Crippen molar-refractivity contribution in [3.8, 4) is 0 Å². The van der Waals surface area contributed by atoms with Crippen LogP contribution in [0.25, 0.3) is 10.8 Å². The normalized spacial score (nSPS) is 16.1. The number of quaternary nitrogens is 1. The third-order valence-electron chi connectivity index (χ3n) is 5.36. The molecule has 3 aromatic carbocycles. The number of non-ortho nitro benzene ring substituents is 1. The van der Waals surface area contributed by atoms with Crippen LogP contribution in [0.1, 0.15) is 5.56 Å². The summed E-state index contributed by atoms with van der Waals surface area (Å²) in [6, 6.07) is 19.6. The number of benzene rings is 3. The van der Waals surface area contributed by atoms with Crippen LogP contribution in [0.15, 0.2) is 71.6 Å². The number of sulfonamides is 1. The first-order valence-electron chi connectivity index (χ1n) is 9.49. The molecule has 4 rings (SSSR count). The monoisotopic (exact) mass is 412 g/mol. The van der Waals surface area contributed by atoms with Gasteiger partial charge in [0.25, 0.3) is 5.69 Å². The minimum absolute atomic E-state index is 0.0828. The molecule has 0 atom stereocenters. The van der Waals surface area contributed by atoms with Gasteiger partial charge in [0, 0.05) is 17.7 Å². The first kappa shape index (κ1) is 19.5. The van der Waals surface area contributed by atoms with E-state index in [4.69, 9.17) is 0 Å². The minimum atomic E-state index is -3.54. The van der Waals surface area contributed by atoms with E-state index in [1.54, 1.807) is 24.3 Å². The van der Waals surface area contributed by atoms with E-state index in [2.05, 4.69) is 0 Å². The maximum absolute atomic E-state index is 13.1. The Morgan fingerprint density at radius 1 is 0.931 bits per heavy atom. The molecule has 1 saturated heterocycles. The van der Waals surface area contributed by atoms with Crippen LogP contribution in [0, 0.1) is 10.1 Å². The molecule has 1 aliphatic heterocycles. The molecule has 1 heterocycles. The largest absolute Gasteiger partial charge is 0.329 e. The number of rotatable bonds is 5. The molecule has 0 spiro atoms. The molecule has 0 aliphatic carbocycles. The van der Waals surface area contributed by atoms with Gasteiger partial charge in [-0.2, -0.15) is 4.31 Å². The fraction of sp³-hybridized carbons (Fsp3) is 0.238. The molecule has 1 N–H and O–H groups in total. The van der Waals surface area contributed by atoms with Crippen LogP contribution in [0.5, 0.6) is 0 Å². The van der Waals surface area contributed by atoms with Crippen molar-refractivity contribution in [2.75, 3.05) is 26.2 Å². The SMILES string of the molecule is O=[N+]([O-])c1cccc(C[NH+]2CCN(S(=O)(=O)c3ccc4ccccc4c3)CC2)c1. The lowest BCUT2D eigenvalue weighted by Gasteiger charge is -2.31. The van der Waals surface area contributed by atoms with Gasteiger partial charge in [-0.05, 0) is 22.9 Å². The summed E-state index contributed by atoms with van der Waals surface area (Å²) in [4.78, 5) is 12.1. The van der Waals surface area contributed by atoms with Crippen molar-refractivity contribution < 1.29 is 18.2 Å². The second-order valence-electron chi connectivity index (χ2n) is 7.27. The average molecular weight is 412 g/mol. The van der Waals surface area contributed by atoms with Crippen molar-refractivity contribution in [1.29, 1.82) is 0 Å². The van der Waals surface area contributed by atoms with Crippen LogP contribution in [0.2, 0.25) is 0 Å². The molecule has 8 heteroatoms. The first-order chi connectivity index (χ1) is 13.9. The zero-order valence-electron chi connectivity index (χ0n) is 15.8. The fourth-order valence-corrected chi connectivity index (χ4v) is 5.24. The Bertz CT molecular complexity index is 1160. The Morgan fingerprint density at radius 3 is 2.38 bits per heavy atom. The van der Waals surface area contributed by atoms with Gasteiger partial charge < -0.3 is 4.90 Å². The standard InChI is InChI=1S/C21H21N3O4S/c25-24(26)20-7-3-4-17(14-20)16-22-10-12-23(13-11-22)29(27,28)21-9-8-18-5-1-2-6-19(18)15-21/h1-9,14-15H,10-13,16H2/p+1. The van der Waals surface area contributed by atoms with E-state index >= 15 is 0 Å². The summed E-state index contributed by atoms with van der Waals surface area (Å²) in [6.07, 6.45) is 0. The molecule has 29 heavy (non-hydrogen) atoms. The Morgan fingerprint density at radius 2 is 1.66 bits per heavy atom. The highest BCUT2D eigenvalue weighted by atomic mass is 32.2. The van der Waals surface area contributed by atoms with Crippen LogP contribution in [0.4, 0.5) is 5.69 Å². The number of nitro groups is 1. The topological polar surface area (TPSA) is 85.0 Å². The zero-order valence-corrected chi connectivity index (χ0v) is 16.6. The number of piperazine rings is 1. The molecule has 150 valence electrons. The van der Waals surface area contributed by atoms with E-state index in [1.807, 2.05) is 36.4 Å². The predicted molar refractivity (Wildman–Crippen MR) is 110 cm³/mol. The van der Waals surface area contributed by atoms with Crippen LogP contribution >= 0.6 is 0 Å². The molecule has 1 fully saturated rings. The van der Waals surface area contributed by atoms with Crippen LogP contribution in [-0.2, 0) is 16.6 Å². The number of nitrogens with one attached hydrogen (secondary N) is 1. The molecular formula is C21H22N3O4S+. The summed E-state index contributed by atoms with van der Waals surface area (Å²) >= 11 is 0. The van der Waals surface area contributed by atoms with Gasteiger partial charge in [-0.25, -0.2) is 8.42 Å². The van der Waals surface area contributed by atoms with E-state index < -0.39 is 14.9 Å². The van der Waals surface area contributed by atoms with Crippen LogP contribution < -0.4 is 4.90 Å². The van der Waals surface area contributed by atoms with Gasteiger partial charge in [-0.15, -0.1) is 0 Å². The number of nitrogens with zero attached hydrogens (tertiary/aromatic N) is 2. The fourth-order valence-electron chi connectivity index (χ4n) is 3.77. The minimum Gasteiger partial charge on any atom is -0.329 e. The second-order valence-corrected chi connectivity index (χ2v) is 9.20. The van der Waals surface area contributed by atoms with Gasteiger partial charge >= 0.3 is 0 Å². The molecule has 0 saturated carbocycles. The summed E-state index contributed by atoms with van der Waals surface area (Å²) in [7, 11) is -3.54. The highest BCUT2D eigenvalue weighted by Crippen LogP contribution is 2.22. The molecule has 1 aliphatic rings. The third kappa shape index (κ3) is 4.14. The summed E-state index contributed by atoms with van der Waals surface area (Å²) < 4.78 is 27.7. The highest BCUT2D eigenvalue weighted by molar-refractivity contribution is 7.89. The van der Waals surface area contributed by atoms with E-state index in [0.717, 1.165) is 16.3 Å². The van der Waals surface area contributed by atoms with Crippen LogP contribution in [-0.4, -0.2) is 43.8 Å². The first-order valence-corrected chi connectivity index (χ1v) is 10.9. The molecule has 0 radical (unpaired) electrons. The van der Waals surface area contributed by atoms with Gasteiger partial charge in [0.15, 0.2) is 0 Å². The van der Waals surface area contributed by atoms with Gasteiger partial charge in [0.05, 0.1) is 36.0 Å². The molecule has 0 amide bonds. The number of nitro benzene ring substituents is 1. The summed E-state index contributed by atoms with van der Waals surface area (Å²) in [5.41, 5.74) is 0.972. The van der Waals surface area contributed by atoms with Crippen molar-refractivity contribution in [3.05, 3.63) is 82.4 Å². The van der Waals surface area contributed by atoms with Gasteiger partial charge in [-0.1, -0.05) is 42.5 Å². The van der Waals surface area contributed by atoms with E-state index in [-0.39, 0.29) is 5.69 Å². The van der Waals surface area contributed by atoms with Crippen molar-refractivity contribution in [2.24, 2.45) is 0 Å². The predicted octanol–water partition coefficient (Wildman–Crippen LogP) is 1.84. The van der Waals surface area contributed by atoms with Crippen molar-refractivity contribution in [3.63, 3.8) is 0 Å². The van der Waals surface area contributed by atoms with Crippen molar-refractivity contribution in [2.45, 2.75) is 11.4 Å². The average Bonchev–Trinajstić information content (AvgIpc) is 2.74. The molecule has 0 unspecified atom stereocenters. The molecule has 7 nitrogen and oxygen atoms in total. The number of hydrogen-bond acceptors (Lipinski definition) is 4. The van der Waals surface area contributed by atoms with Crippen LogP contribution in [0.3, 0.4) is 0 Å². The number of hydrogen-bond donors (Lipinski definition) is 1. The smallest absolute Gasteiger partial charge is 0.269 e. The summed E-state index contributed by atoms with van der Waals surface area (Å²) in [5.74, 6) is 0. The van der Waals surface area contributed by atoms with Gasteiger partial charge in [-0.3, -0.25) is 10.1 Å².